The summed E-state index contributed by atoms with van der Waals surface area (Å²) in [5.74, 6) is 0.0556. The Balaban J connectivity index is 1.54. The van der Waals surface area contributed by atoms with Crippen LogP contribution in [-0.4, -0.2) is 23.3 Å². The summed E-state index contributed by atoms with van der Waals surface area (Å²) in [7, 11) is 0. The molecule has 24 heavy (non-hydrogen) atoms. The predicted octanol–water partition coefficient (Wildman–Crippen LogP) is 4.55. The van der Waals surface area contributed by atoms with E-state index in [0.717, 1.165) is 31.2 Å². The first kappa shape index (κ1) is 15.5. The number of aldehydes is 1. The third kappa shape index (κ3) is 2.89. The lowest BCUT2D eigenvalue weighted by Crippen LogP contribution is -2.41. The van der Waals surface area contributed by atoms with Crippen molar-refractivity contribution in [3.8, 4) is 0 Å². The zero-order valence-corrected chi connectivity index (χ0v) is 13.7. The Kier molecular flexibility index (Phi) is 4.19. The molecule has 2 unspecified atom stereocenters. The molecule has 0 N–H and O–H groups in total. The highest BCUT2D eigenvalue weighted by Gasteiger charge is 2.41. The largest absolute Gasteiger partial charge is 0.298 e. The molecule has 2 aliphatic heterocycles. The fraction of sp³-hybridized carbons (Fsp3) is 0.381. The number of carbonyl (C=O) groups excluding carboxylic acids is 1. The van der Waals surface area contributed by atoms with Gasteiger partial charge in [0, 0.05) is 24.2 Å². The van der Waals surface area contributed by atoms with Crippen LogP contribution in [0.25, 0.3) is 0 Å². The van der Waals surface area contributed by atoms with Crippen molar-refractivity contribution in [1.29, 1.82) is 0 Å². The van der Waals surface area contributed by atoms with Gasteiger partial charge in [-0.15, -0.1) is 0 Å². The Labute approximate surface area is 142 Å². The Hall–Kier alpha value is -2.00. The normalized spacial score (nSPS) is 26.5. The molecular formula is C21H22FNO. The molecule has 2 aromatic rings. The SMILES string of the molecule is O=Cc1ccc(F)cc1C1CC2CCC(C1)N2Cc1ccccc1. The van der Waals surface area contributed by atoms with Crippen LogP contribution < -0.4 is 0 Å². The number of carbonyl (C=O) groups is 1. The van der Waals surface area contributed by atoms with E-state index in [-0.39, 0.29) is 5.82 Å². The van der Waals surface area contributed by atoms with Crippen molar-refractivity contribution in [2.45, 2.75) is 50.2 Å². The van der Waals surface area contributed by atoms with Crippen LogP contribution in [0.15, 0.2) is 48.5 Å². The second kappa shape index (κ2) is 6.48. The molecule has 2 bridgehead atoms. The molecule has 2 saturated heterocycles. The zero-order valence-electron chi connectivity index (χ0n) is 13.7. The van der Waals surface area contributed by atoms with Crippen molar-refractivity contribution in [2.24, 2.45) is 0 Å². The highest BCUT2D eigenvalue weighted by molar-refractivity contribution is 5.77. The molecule has 0 radical (unpaired) electrons. The van der Waals surface area contributed by atoms with Gasteiger partial charge in [-0.3, -0.25) is 9.69 Å². The smallest absolute Gasteiger partial charge is 0.150 e. The van der Waals surface area contributed by atoms with Crippen molar-refractivity contribution in [3.63, 3.8) is 0 Å². The number of fused-ring (bicyclic) bond motifs is 2. The maximum atomic E-state index is 13.7. The van der Waals surface area contributed by atoms with Gasteiger partial charge in [0.2, 0.25) is 0 Å². The third-order valence-corrected chi connectivity index (χ3v) is 5.71. The van der Waals surface area contributed by atoms with Gasteiger partial charge in [0.25, 0.3) is 0 Å². The van der Waals surface area contributed by atoms with E-state index in [1.165, 1.54) is 24.5 Å². The average Bonchev–Trinajstić information content (AvgIpc) is 2.84. The summed E-state index contributed by atoms with van der Waals surface area (Å²) in [5.41, 5.74) is 2.91. The van der Waals surface area contributed by atoms with Gasteiger partial charge in [-0.25, -0.2) is 4.39 Å². The van der Waals surface area contributed by atoms with E-state index in [1.807, 2.05) is 0 Å². The molecule has 0 aliphatic carbocycles. The molecule has 2 aliphatic rings. The number of benzene rings is 2. The van der Waals surface area contributed by atoms with E-state index in [1.54, 1.807) is 12.1 Å². The lowest BCUT2D eigenvalue weighted by molar-refractivity contribution is 0.110. The average molecular weight is 323 g/mol. The number of halogens is 1. The number of nitrogens with zero attached hydrogens (tertiary/aromatic N) is 1. The van der Waals surface area contributed by atoms with Gasteiger partial charge in [-0.1, -0.05) is 30.3 Å². The Morgan fingerprint density at radius 3 is 2.42 bits per heavy atom. The van der Waals surface area contributed by atoms with E-state index in [2.05, 4.69) is 35.2 Å². The summed E-state index contributed by atoms with van der Waals surface area (Å²) in [5, 5.41) is 0. The molecule has 0 spiro atoms. The summed E-state index contributed by atoms with van der Waals surface area (Å²) in [4.78, 5) is 13.9. The number of piperidine rings is 1. The summed E-state index contributed by atoms with van der Waals surface area (Å²) in [6.07, 6.45) is 5.33. The molecular weight excluding hydrogens is 301 g/mol. The zero-order chi connectivity index (χ0) is 16.5. The van der Waals surface area contributed by atoms with Crippen LogP contribution in [0.3, 0.4) is 0 Å². The molecule has 3 heteroatoms. The lowest BCUT2D eigenvalue weighted by Gasteiger charge is -2.39. The third-order valence-electron chi connectivity index (χ3n) is 5.71. The molecule has 2 aromatic carbocycles. The predicted molar refractivity (Wildman–Crippen MR) is 92.6 cm³/mol. The van der Waals surface area contributed by atoms with Gasteiger partial charge in [-0.05, 0) is 60.9 Å². The fourth-order valence-electron chi connectivity index (χ4n) is 4.59. The highest BCUT2D eigenvalue weighted by atomic mass is 19.1. The Bertz CT molecular complexity index is 716. The summed E-state index contributed by atoms with van der Waals surface area (Å²) < 4.78 is 13.7. The molecule has 0 saturated carbocycles. The van der Waals surface area contributed by atoms with Crippen LogP contribution in [0.2, 0.25) is 0 Å². The molecule has 2 heterocycles. The van der Waals surface area contributed by atoms with Gasteiger partial charge >= 0.3 is 0 Å². The molecule has 124 valence electrons. The van der Waals surface area contributed by atoms with Gasteiger partial charge in [-0.2, -0.15) is 0 Å². The van der Waals surface area contributed by atoms with Crippen LogP contribution in [0.5, 0.6) is 0 Å². The van der Waals surface area contributed by atoms with Gasteiger partial charge < -0.3 is 0 Å². The Morgan fingerprint density at radius 1 is 1.04 bits per heavy atom. The van der Waals surface area contributed by atoms with E-state index in [9.17, 15) is 9.18 Å². The fourth-order valence-corrected chi connectivity index (χ4v) is 4.59. The quantitative estimate of drug-likeness (QED) is 0.769. The van der Waals surface area contributed by atoms with Crippen molar-refractivity contribution < 1.29 is 9.18 Å². The molecule has 2 atom stereocenters. The van der Waals surface area contributed by atoms with Crippen LogP contribution in [-0.2, 0) is 6.54 Å². The highest BCUT2D eigenvalue weighted by Crippen LogP contribution is 2.44. The minimum atomic E-state index is -0.241. The topological polar surface area (TPSA) is 20.3 Å². The monoisotopic (exact) mass is 323 g/mol. The second-order valence-electron chi connectivity index (χ2n) is 7.10. The minimum Gasteiger partial charge on any atom is -0.298 e. The number of hydrogen-bond donors (Lipinski definition) is 0. The first-order valence-electron chi connectivity index (χ1n) is 8.79. The molecule has 4 rings (SSSR count). The van der Waals surface area contributed by atoms with Crippen LogP contribution in [0.4, 0.5) is 4.39 Å². The van der Waals surface area contributed by atoms with Crippen LogP contribution >= 0.6 is 0 Å². The maximum Gasteiger partial charge on any atom is 0.150 e. The maximum absolute atomic E-state index is 13.7. The standard InChI is InChI=1S/C21H22FNO/c22-18-7-6-16(14-24)21(12-18)17-10-19-8-9-20(11-17)23(19)13-15-4-2-1-3-5-15/h1-7,12,14,17,19-20H,8-11,13H2. The summed E-state index contributed by atoms with van der Waals surface area (Å²) in [6.45, 7) is 0.993. The first-order valence-corrected chi connectivity index (χ1v) is 8.79. The Morgan fingerprint density at radius 2 is 1.75 bits per heavy atom. The van der Waals surface area contributed by atoms with Crippen LogP contribution in [0, 0.1) is 5.82 Å². The number of rotatable bonds is 4. The van der Waals surface area contributed by atoms with Gasteiger partial charge in [0.1, 0.15) is 12.1 Å². The van der Waals surface area contributed by atoms with E-state index in [0.29, 0.717) is 23.6 Å². The van der Waals surface area contributed by atoms with E-state index < -0.39 is 0 Å². The van der Waals surface area contributed by atoms with E-state index in [4.69, 9.17) is 0 Å². The van der Waals surface area contributed by atoms with E-state index >= 15 is 0 Å². The summed E-state index contributed by atoms with van der Waals surface area (Å²) >= 11 is 0. The van der Waals surface area contributed by atoms with Crippen LogP contribution in [0.1, 0.15) is 53.1 Å². The van der Waals surface area contributed by atoms with Gasteiger partial charge in [0.15, 0.2) is 0 Å². The molecule has 2 fully saturated rings. The van der Waals surface area contributed by atoms with Crippen molar-refractivity contribution in [3.05, 3.63) is 71.0 Å². The number of hydrogen-bond acceptors (Lipinski definition) is 2. The van der Waals surface area contributed by atoms with Crippen molar-refractivity contribution in [2.75, 3.05) is 0 Å². The molecule has 0 aromatic heterocycles. The minimum absolute atomic E-state index is 0.241. The first-order chi connectivity index (χ1) is 11.7. The summed E-state index contributed by atoms with van der Waals surface area (Å²) in [6, 6.07) is 16.2. The van der Waals surface area contributed by atoms with Crippen molar-refractivity contribution >= 4 is 6.29 Å². The molecule has 2 nitrogen and oxygen atoms in total. The second-order valence-corrected chi connectivity index (χ2v) is 7.10. The lowest BCUT2D eigenvalue weighted by atomic mass is 9.83. The molecule has 0 amide bonds. The van der Waals surface area contributed by atoms with Gasteiger partial charge in [0.05, 0.1) is 0 Å². The van der Waals surface area contributed by atoms with Crippen molar-refractivity contribution in [1.82, 2.24) is 4.90 Å².